The summed E-state index contributed by atoms with van der Waals surface area (Å²) in [7, 11) is 0. The van der Waals surface area contributed by atoms with Crippen LogP contribution >= 0.6 is 0 Å². The number of benzene rings is 2. The summed E-state index contributed by atoms with van der Waals surface area (Å²) in [5.41, 5.74) is -0.678. The number of rotatable bonds is 4. The van der Waals surface area contributed by atoms with Gasteiger partial charge in [0, 0.05) is 6.42 Å². The SMILES string of the molecule is CC(C)c1ccc2c(c1)OC(CC(C)c1cc(F)c(C(F)(F)F)c(F)c1)O2. The third kappa shape index (κ3) is 4.01. The minimum absolute atomic E-state index is 0.115. The van der Waals surface area contributed by atoms with E-state index in [1.807, 2.05) is 26.0 Å². The Morgan fingerprint density at radius 2 is 1.48 bits per heavy atom. The van der Waals surface area contributed by atoms with Gasteiger partial charge in [-0.25, -0.2) is 8.78 Å². The van der Waals surface area contributed by atoms with E-state index in [0.29, 0.717) is 17.4 Å². The maximum Gasteiger partial charge on any atom is 0.422 e. The molecule has 2 aromatic carbocycles. The molecule has 2 unspecified atom stereocenters. The molecule has 7 heteroatoms. The molecule has 2 atom stereocenters. The van der Waals surface area contributed by atoms with Crippen LogP contribution in [-0.2, 0) is 6.18 Å². The van der Waals surface area contributed by atoms with Crippen molar-refractivity contribution in [1.82, 2.24) is 0 Å². The maximum atomic E-state index is 13.8. The molecule has 3 rings (SSSR count). The third-order valence-electron chi connectivity index (χ3n) is 4.61. The Hall–Kier alpha value is -2.31. The van der Waals surface area contributed by atoms with Crippen LogP contribution in [0, 0.1) is 11.6 Å². The quantitative estimate of drug-likeness (QED) is 0.566. The summed E-state index contributed by atoms with van der Waals surface area (Å²) in [5, 5.41) is 0. The van der Waals surface area contributed by atoms with Crippen LogP contribution in [0.3, 0.4) is 0 Å². The van der Waals surface area contributed by atoms with Crippen LogP contribution in [-0.4, -0.2) is 6.29 Å². The van der Waals surface area contributed by atoms with Crippen LogP contribution in [0.1, 0.15) is 55.7 Å². The molecule has 27 heavy (non-hydrogen) atoms. The zero-order chi connectivity index (χ0) is 19.9. The molecule has 146 valence electrons. The summed E-state index contributed by atoms with van der Waals surface area (Å²) in [6, 6.07) is 7.04. The number of alkyl halides is 3. The summed E-state index contributed by atoms with van der Waals surface area (Å²) in [5.74, 6) is -2.25. The van der Waals surface area contributed by atoms with Gasteiger partial charge >= 0.3 is 6.18 Å². The molecule has 1 aliphatic heterocycles. The molecular weight excluding hydrogens is 367 g/mol. The van der Waals surface area contributed by atoms with Crippen LogP contribution in [0.15, 0.2) is 30.3 Å². The van der Waals surface area contributed by atoms with Gasteiger partial charge in [0.1, 0.15) is 17.2 Å². The van der Waals surface area contributed by atoms with E-state index in [4.69, 9.17) is 9.47 Å². The van der Waals surface area contributed by atoms with Crippen LogP contribution in [0.5, 0.6) is 11.5 Å². The van der Waals surface area contributed by atoms with Gasteiger partial charge in [0.2, 0.25) is 6.29 Å². The first-order valence-electron chi connectivity index (χ1n) is 8.59. The van der Waals surface area contributed by atoms with E-state index in [-0.39, 0.29) is 12.0 Å². The standard InChI is InChI=1S/C20H19F5O2/c1-10(2)12-4-5-16-17(9-12)27-18(26-16)6-11(3)13-7-14(21)19(15(22)8-13)20(23,24)25/h4-5,7-11,18H,6H2,1-3H3. The predicted molar refractivity (Wildman–Crippen MR) is 90.0 cm³/mol. The van der Waals surface area contributed by atoms with Crippen molar-refractivity contribution >= 4 is 0 Å². The van der Waals surface area contributed by atoms with E-state index < -0.39 is 35.6 Å². The van der Waals surface area contributed by atoms with E-state index in [2.05, 4.69) is 0 Å². The molecular formula is C20H19F5O2. The van der Waals surface area contributed by atoms with Gasteiger partial charge in [0.15, 0.2) is 11.5 Å². The second-order valence-corrected chi connectivity index (χ2v) is 7.02. The predicted octanol–water partition coefficient (Wildman–Crippen LogP) is 6.40. The molecule has 0 radical (unpaired) electrons. The smallest absolute Gasteiger partial charge is 0.422 e. The third-order valence-corrected chi connectivity index (χ3v) is 4.61. The van der Waals surface area contributed by atoms with Crippen molar-refractivity contribution in [2.45, 2.75) is 51.5 Å². The summed E-state index contributed by atoms with van der Waals surface area (Å²) in [6.07, 6.45) is -5.52. The van der Waals surface area contributed by atoms with E-state index in [0.717, 1.165) is 17.7 Å². The highest BCUT2D eigenvalue weighted by Crippen LogP contribution is 2.40. The normalized spacial score (nSPS) is 17.4. The van der Waals surface area contributed by atoms with Crippen molar-refractivity contribution in [2.24, 2.45) is 0 Å². The van der Waals surface area contributed by atoms with Gasteiger partial charge in [-0.3, -0.25) is 0 Å². The van der Waals surface area contributed by atoms with E-state index in [9.17, 15) is 22.0 Å². The Kier molecular flexibility index (Phi) is 5.06. The summed E-state index contributed by atoms with van der Waals surface area (Å²) in [4.78, 5) is 0. The van der Waals surface area contributed by atoms with Gasteiger partial charge in [-0.2, -0.15) is 13.2 Å². The molecule has 2 nitrogen and oxygen atoms in total. The van der Waals surface area contributed by atoms with Crippen LogP contribution in [0.25, 0.3) is 0 Å². The van der Waals surface area contributed by atoms with Crippen molar-refractivity contribution in [2.75, 3.05) is 0 Å². The molecule has 0 saturated carbocycles. The average Bonchev–Trinajstić information content (AvgIpc) is 2.93. The summed E-state index contributed by atoms with van der Waals surface area (Å²) < 4.78 is 77.1. The van der Waals surface area contributed by atoms with Gasteiger partial charge < -0.3 is 9.47 Å². The molecule has 1 aliphatic rings. The zero-order valence-electron chi connectivity index (χ0n) is 15.0. The lowest BCUT2D eigenvalue weighted by atomic mass is 9.95. The fraction of sp³-hybridized carbons (Fsp3) is 0.400. The lowest BCUT2D eigenvalue weighted by Gasteiger charge is -2.18. The first kappa shape index (κ1) is 19.5. The van der Waals surface area contributed by atoms with Crippen molar-refractivity contribution < 1.29 is 31.4 Å². The zero-order valence-corrected chi connectivity index (χ0v) is 15.0. The van der Waals surface area contributed by atoms with Crippen molar-refractivity contribution in [1.29, 1.82) is 0 Å². The lowest BCUT2D eigenvalue weighted by molar-refractivity contribution is -0.142. The molecule has 0 amide bonds. The Morgan fingerprint density at radius 3 is 2.04 bits per heavy atom. The highest BCUT2D eigenvalue weighted by atomic mass is 19.4. The largest absolute Gasteiger partial charge is 0.451 e. The highest BCUT2D eigenvalue weighted by molar-refractivity contribution is 5.45. The number of halogens is 5. The first-order chi connectivity index (χ1) is 12.6. The topological polar surface area (TPSA) is 18.5 Å². The van der Waals surface area contributed by atoms with E-state index in [1.54, 1.807) is 13.0 Å². The molecule has 2 aromatic rings. The van der Waals surface area contributed by atoms with Crippen LogP contribution in [0.4, 0.5) is 22.0 Å². The van der Waals surface area contributed by atoms with Crippen molar-refractivity contribution in [3.63, 3.8) is 0 Å². The fourth-order valence-electron chi connectivity index (χ4n) is 3.05. The minimum atomic E-state index is -5.08. The Morgan fingerprint density at radius 1 is 0.889 bits per heavy atom. The van der Waals surface area contributed by atoms with E-state index >= 15 is 0 Å². The second-order valence-electron chi connectivity index (χ2n) is 7.02. The van der Waals surface area contributed by atoms with Crippen molar-refractivity contribution in [3.8, 4) is 11.5 Å². The molecule has 0 saturated heterocycles. The van der Waals surface area contributed by atoms with Gasteiger partial charge in [-0.1, -0.05) is 26.8 Å². The monoisotopic (exact) mass is 386 g/mol. The molecule has 0 fully saturated rings. The highest BCUT2D eigenvalue weighted by Gasteiger charge is 2.38. The van der Waals surface area contributed by atoms with Crippen molar-refractivity contribution in [3.05, 3.63) is 58.7 Å². The first-order valence-corrected chi connectivity index (χ1v) is 8.59. The number of fused-ring (bicyclic) bond motifs is 1. The van der Waals surface area contributed by atoms with E-state index in [1.165, 1.54) is 0 Å². The molecule has 0 bridgehead atoms. The Labute approximate surface area is 153 Å². The molecule has 0 aliphatic carbocycles. The Bertz CT molecular complexity index is 822. The fourth-order valence-corrected chi connectivity index (χ4v) is 3.05. The number of hydrogen-bond acceptors (Lipinski definition) is 2. The van der Waals surface area contributed by atoms with Gasteiger partial charge in [0.05, 0.1) is 0 Å². The number of ether oxygens (including phenoxy) is 2. The molecule has 0 spiro atoms. The maximum absolute atomic E-state index is 13.8. The summed E-state index contributed by atoms with van der Waals surface area (Å²) >= 11 is 0. The lowest BCUT2D eigenvalue weighted by Crippen LogP contribution is -2.21. The van der Waals surface area contributed by atoms with Gasteiger partial charge in [-0.15, -0.1) is 0 Å². The summed E-state index contributed by atoms with van der Waals surface area (Å²) in [6.45, 7) is 5.74. The van der Waals surface area contributed by atoms with Crippen LogP contribution in [0.2, 0.25) is 0 Å². The molecule has 0 aromatic heterocycles. The second kappa shape index (κ2) is 7.02. The van der Waals surface area contributed by atoms with Gasteiger partial charge in [-0.05, 0) is 47.2 Å². The average molecular weight is 386 g/mol. The van der Waals surface area contributed by atoms with Crippen LogP contribution < -0.4 is 9.47 Å². The minimum Gasteiger partial charge on any atom is -0.451 e. The number of hydrogen-bond donors (Lipinski definition) is 0. The molecule has 1 heterocycles. The van der Waals surface area contributed by atoms with Gasteiger partial charge in [0.25, 0.3) is 0 Å². The Balaban J connectivity index is 1.74. The molecule has 0 N–H and O–H groups in total.